The molecule has 0 spiro atoms. The Morgan fingerprint density at radius 1 is 1.59 bits per heavy atom. The average Bonchev–Trinajstić information content (AvgIpc) is 2.28. The van der Waals surface area contributed by atoms with E-state index >= 15 is 0 Å². The standard InChI is InChI=1S/C10H17N5O2/c1-7(10(11)17)15-9(16)5-8(6-14-15)13-4-3-12-2/h5-7,12-13H,3-4H2,1-2H3,(H2,11,17). The van der Waals surface area contributed by atoms with Gasteiger partial charge >= 0.3 is 0 Å². The van der Waals surface area contributed by atoms with Crippen molar-refractivity contribution in [1.82, 2.24) is 15.1 Å². The van der Waals surface area contributed by atoms with Crippen LogP contribution in [0.2, 0.25) is 0 Å². The van der Waals surface area contributed by atoms with Gasteiger partial charge in [-0.2, -0.15) is 5.10 Å². The molecule has 1 amide bonds. The van der Waals surface area contributed by atoms with Crippen LogP contribution in [0, 0.1) is 0 Å². The van der Waals surface area contributed by atoms with Crippen LogP contribution in [0.1, 0.15) is 13.0 Å². The van der Waals surface area contributed by atoms with E-state index in [0.717, 1.165) is 11.2 Å². The van der Waals surface area contributed by atoms with Crippen molar-refractivity contribution in [3.63, 3.8) is 0 Å². The van der Waals surface area contributed by atoms with Crippen LogP contribution in [-0.2, 0) is 4.79 Å². The maximum atomic E-state index is 11.7. The van der Waals surface area contributed by atoms with Crippen LogP contribution in [0.15, 0.2) is 17.1 Å². The molecule has 1 aromatic heterocycles. The number of hydrogen-bond acceptors (Lipinski definition) is 5. The minimum absolute atomic E-state index is 0.356. The van der Waals surface area contributed by atoms with Crippen molar-refractivity contribution in [3.8, 4) is 0 Å². The Hall–Kier alpha value is -1.89. The summed E-state index contributed by atoms with van der Waals surface area (Å²) in [6.07, 6.45) is 1.50. The van der Waals surface area contributed by atoms with Crippen LogP contribution >= 0.6 is 0 Å². The molecule has 0 aliphatic heterocycles. The predicted molar refractivity (Wildman–Crippen MR) is 64.8 cm³/mol. The largest absolute Gasteiger partial charge is 0.382 e. The first-order valence-electron chi connectivity index (χ1n) is 5.33. The number of primary amides is 1. The lowest BCUT2D eigenvalue weighted by Gasteiger charge is -2.11. The number of likely N-dealkylation sites (N-methyl/N-ethyl adjacent to an activating group) is 1. The lowest BCUT2D eigenvalue weighted by atomic mass is 10.3. The lowest BCUT2D eigenvalue weighted by Crippen LogP contribution is -2.33. The molecule has 1 aromatic rings. The molecule has 0 bridgehead atoms. The number of nitrogens with zero attached hydrogens (tertiary/aromatic N) is 2. The summed E-state index contributed by atoms with van der Waals surface area (Å²) < 4.78 is 1.06. The topological polar surface area (TPSA) is 102 Å². The van der Waals surface area contributed by atoms with Gasteiger partial charge in [-0.25, -0.2) is 4.68 Å². The fourth-order valence-corrected chi connectivity index (χ4v) is 1.26. The summed E-state index contributed by atoms with van der Waals surface area (Å²) >= 11 is 0. The molecule has 94 valence electrons. The summed E-state index contributed by atoms with van der Waals surface area (Å²) in [5.41, 5.74) is 5.38. The zero-order valence-electron chi connectivity index (χ0n) is 9.93. The summed E-state index contributed by atoms with van der Waals surface area (Å²) in [5.74, 6) is -0.588. The molecule has 0 aliphatic carbocycles. The van der Waals surface area contributed by atoms with Crippen molar-refractivity contribution >= 4 is 11.6 Å². The van der Waals surface area contributed by atoms with Gasteiger partial charge in [0, 0.05) is 19.2 Å². The Labute approximate surface area is 99.0 Å². The molecule has 0 aromatic carbocycles. The Bertz CT molecular complexity index is 443. The van der Waals surface area contributed by atoms with Crippen LogP contribution < -0.4 is 21.9 Å². The van der Waals surface area contributed by atoms with Gasteiger partial charge in [-0.05, 0) is 14.0 Å². The van der Waals surface area contributed by atoms with Crippen molar-refractivity contribution in [3.05, 3.63) is 22.6 Å². The number of hydrogen-bond donors (Lipinski definition) is 3. The number of rotatable bonds is 6. The third kappa shape index (κ3) is 3.56. The SMILES string of the molecule is CNCCNc1cnn(C(C)C(N)=O)c(=O)c1. The summed E-state index contributed by atoms with van der Waals surface area (Å²) in [4.78, 5) is 22.6. The second kappa shape index (κ2) is 6.00. The van der Waals surface area contributed by atoms with Gasteiger partial charge in [-0.3, -0.25) is 9.59 Å². The highest BCUT2D eigenvalue weighted by Gasteiger charge is 2.13. The second-order valence-corrected chi connectivity index (χ2v) is 3.64. The third-order valence-corrected chi connectivity index (χ3v) is 2.31. The normalized spacial score (nSPS) is 12.1. The number of nitrogens with one attached hydrogen (secondary N) is 2. The summed E-state index contributed by atoms with van der Waals surface area (Å²) in [6, 6.07) is 0.649. The van der Waals surface area contributed by atoms with E-state index in [4.69, 9.17) is 5.73 Å². The Kier molecular flexibility index (Phi) is 4.65. The first-order valence-corrected chi connectivity index (χ1v) is 5.33. The first kappa shape index (κ1) is 13.2. The molecule has 0 fully saturated rings. The summed E-state index contributed by atoms with van der Waals surface area (Å²) in [5, 5.41) is 9.90. The molecule has 0 aliphatic rings. The lowest BCUT2D eigenvalue weighted by molar-refractivity contribution is -0.121. The van der Waals surface area contributed by atoms with Crippen LogP contribution in [0.25, 0.3) is 0 Å². The molecule has 7 nitrogen and oxygen atoms in total. The van der Waals surface area contributed by atoms with Gasteiger partial charge in [-0.15, -0.1) is 0 Å². The number of amides is 1. The number of carbonyl (C=O) groups is 1. The van der Waals surface area contributed by atoms with Gasteiger partial charge in [0.25, 0.3) is 5.56 Å². The van der Waals surface area contributed by atoms with Gasteiger partial charge in [0.05, 0.1) is 11.9 Å². The summed E-state index contributed by atoms with van der Waals surface area (Å²) in [7, 11) is 1.84. The molecule has 7 heteroatoms. The van der Waals surface area contributed by atoms with E-state index in [-0.39, 0.29) is 5.56 Å². The van der Waals surface area contributed by atoms with E-state index in [1.807, 2.05) is 7.05 Å². The van der Waals surface area contributed by atoms with Crippen LogP contribution in [0.4, 0.5) is 5.69 Å². The van der Waals surface area contributed by atoms with E-state index in [1.165, 1.54) is 19.2 Å². The molecule has 0 saturated heterocycles. The molecular formula is C10H17N5O2. The van der Waals surface area contributed by atoms with E-state index in [1.54, 1.807) is 0 Å². The molecule has 17 heavy (non-hydrogen) atoms. The predicted octanol–water partition coefficient (Wildman–Crippen LogP) is -1.08. The van der Waals surface area contributed by atoms with E-state index < -0.39 is 11.9 Å². The molecular weight excluding hydrogens is 222 g/mol. The molecule has 1 unspecified atom stereocenters. The van der Waals surface area contributed by atoms with Crippen LogP contribution in [-0.4, -0.2) is 35.8 Å². The molecule has 1 rings (SSSR count). The van der Waals surface area contributed by atoms with E-state index in [0.29, 0.717) is 12.2 Å². The fraction of sp³-hybridized carbons (Fsp3) is 0.500. The van der Waals surface area contributed by atoms with Gasteiger partial charge in [-0.1, -0.05) is 0 Å². The minimum atomic E-state index is -0.742. The molecule has 1 heterocycles. The highest BCUT2D eigenvalue weighted by atomic mass is 16.2. The monoisotopic (exact) mass is 239 g/mol. The quantitative estimate of drug-likeness (QED) is 0.548. The number of nitrogens with two attached hydrogens (primary N) is 1. The molecule has 0 saturated carbocycles. The number of aromatic nitrogens is 2. The zero-order valence-corrected chi connectivity index (χ0v) is 9.93. The maximum Gasteiger partial charge on any atom is 0.269 e. The van der Waals surface area contributed by atoms with Crippen molar-refractivity contribution < 1.29 is 4.79 Å². The second-order valence-electron chi connectivity index (χ2n) is 3.64. The van der Waals surface area contributed by atoms with Crippen molar-refractivity contribution in [2.75, 3.05) is 25.5 Å². The van der Waals surface area contributed by atoms with E-state index in [9.17, 15) is 9.59 Å². The fourth-order valence-electron chi connectivity index (χ4n) is 1.26. The summed E-state index contributed by atoms with van der Waals surface area (Å²) in [6.45, 7) is 3.00. The Morgan fingerprint density at radius 3 is 2.82 bits per heavy atom. The highest BCUT2D eigenvalue weighted by Crippen LogP contribution is 2.02. The van der Waals surface area contributed by atoms with Gasteiger partial charge in [0.2, 0.25) is 5.91 Å². The molecule has 0 radical (unpaired) electrons. The van der Waals surface area contributed by atoms with Crippen molar-refractivity contribution in [2.24, 2.45) is 5.73 Å². The number of anilines is 1. The average molecular weight is 239 g/mol. The Morgan fingerprint density at radius 2 is 2.29 bits per heavy atom. The van der Waals surface area contributed by atoms with E-state index in [2.05, 4.69) is 15.7 Å². The molecule has 4 N–H and O–H groups in total. The zero-order chi connectivity index (χ0) is 12.8. The first-order chi connectivity index (χ1) is 8.06. The smallest absolute Gasteiger partial charge is 0.269 e. The van der Waals surface area contributed by atoms with Crippen LogP contribution in [0.3, 0.4) is 0 Å². The Balaban J connectivity index is 2.79. The van der Waals surface area contributed by atoms with Gasteiger partial charge in [0.15, 0.2) is 0 Å². The highest BCUT2D eigenvalue weighted by molar-refractivity contribution is 5.77. The minimum Gasteiger partial charge on any atom is -0.382 e. The van der Waals surface area contributed by atoms with Gasteiger partial charge in [0.1, 0.15) is 6.04 Å². The maximum absolute atomic E-state index is 11.7. The molecule has 1 atom stereocenters. The number of carbonyl (C=O) groups excluding carboxylic acids is 1. The van der Waals surface area contributed by atoms with Crippen molar-refractivity contribution in [1.29, 1.82) is 0 Å². The van der Waals surface area contributed by atoms with Gasteiger partial charge < -0.3 is 16.4 Å². The third-order valence-electron chi connectivity index (χ3n) is 2.31. The van der Waals surface area contributed by atoms with Crippen LogP contribution in [0.5, 0.6) is 0 Å². The van der Waals surface area contributed by atoms with Crippen molar-refractivity contribution in [2.45, 2.75) is 13.0 Å².